The van der Waals surface area contributed by atoms with E-state index in [4.69, 9.17) is 5.11 Å². The molecule has 0 saturated carbocycles. The maximum Gasteiger partial charge on any atom is 0.527 e. The number of pyridine rings is 1. The molecule has 1 N–H and O–H groups in total. The Morgan fingerprint density at radius 3 is 2.65 bits per heavy atom. The first kappa shape index (κ1) is 14.1. The fourth-order valence-electron chi connectivity index (χ4n) is 1.78. The van der Waals surface area contributed by atoms with Crippen LogP contribution in [0.3, 0.4) is 0 Å². The molecule has 102 valence electrons. The minimum Gasteiger partial charge on any atom is -0.680 e. The Labute approximate surface area is 120 Å². The van der Waals surface area contributed by atoms with Crippen molar-refractivity contribution in [3.05, 3.63) is 58.5 Å². The number of carbonyl (C=O) groups is 1. The number of carboxylic acid groups (broad SMARTS) is 1. The molecule has 2 rings (SSSR count). The second-order valence-corrected chi connectivity index (χ2v) is 4.69. The molecule has 2 aromatic rings. The maximum absolute atomic E-state index is 11.2. The van der Waals surface area contributed by atoms with Crippen LogP contribution in [0.4, 0.5) is 5.69 Å². The van der Waals surface area contributed by atoms with Gasteiger partial charge in [0.15, 0.2) is 0 Å². The molecule has 0 saturated heterocycles. The fraction of sp³-hybridized carbons (Fsp3) is 0.143. The first-order valence-electron chi connectivity index (χ1n) is 5.87. The van der Waals surface area contributed by atoms with E-state index in [0.717, 1.165) is 5.56 Å². The number of carboxylic acids is 1. The van der Waals surface area contributed by atoms with E-state index >= 15 is 0 Å². The molecular weight excluding hydrogens is 276 g/mol. The fourth-order valence-corrected chi connectivity index (χ4v) is 2.10. The number of hydrogen-bond donors (Lipinski definition) is 1. The predicted molar refractivity (Wildman–Crippen MR) is 75.4 cm³/mol. The Balaban J connectivity index is 2.33. The summed E-state index contributed by atoms with van der Waals surface area (Å²) in [5.74, 6) is -1.10. The van der Waals surface area contributed by atoms with E-state index in [9.17, 15) is 9.00 Å². The van der Waals surface area contributed by atoms with Gasteiger partial charge < -0.3 is 10.4 Å². The predicted octanol–water partition coefficient (Wildman–Crippen LogP) is 3.08. The Morgan fingerprint density at radius 1 is 1.35 bits per heavy atom. The SMILES string of the molecule is Cc1c([S+]=O)ncc(C(=O)O)c1[N-]Cc1ccccc1. The van der Waals surface area contributed by atoms with Crippen molar-refractivity contribution in [1.82, 2.24) is 4.98 Å². The van der Waals surface area contributed by atoms with E-state index in [-0.39, 0.29) is 22.3 Å². The third-order valence-electron chi connectivity index (χ3n) is 2.81. The first-order chi connectivity index (χ1) is 9.63. The summed E-state index contributed by atoms with van der Waals surface area (Å²) >= 11 is 0.238. The van der Waals surface area contributed by atoms with E-state index in [1.807, 2.05) is 30.3 Å². The van der Waals surface area contributed by atoms with Crippen LogP contribution in [0.25, 0.3) is 5.32 Å². The molecule has 1 aromatic carbocycles. The van der Waals surface area contributed by atoms with E-state index in [1.165, 1.54) is 6.20 Å². The number of rotatable bonds is 5. The highest BCUT2D eigenvalue weighted by atomic mass is 32.1. The van der Waals surface area contributed by atoms with Crippen molar-refractivity contribution in [3.8, 4) is 0 Å². The second-order valence-electron chi connectivity index (χ2n) is 4.14. The molecule has 0 atom stereocenters. The van der Waals surface area contributed by atoms with Gasteiger partial charge in [-0.3, -0.25) is 0 Å². The number of hydrogen-bond acceptors (Lipinski definition) is 3. The monoisotopic (exact) mass is 288 g/mol. The lowest BCUT2D eigenvalue weighted by atomic mass is 10.1. The van der Waals surface area contributed by atoms with Gasteiger partial charge in [-0.2, -0.15) is 4.98 Å². The lowest BCUT2D eigenvalue weighted by molar-refractivity contribution is 0.0697. The molecule has 0 aliphatic carbocycles. The molecule has 0 aliphatic heterocycles. The van der Waals surface area contributed by atoms with E-state index < -0.39 is 5.97 Å². The summed E-state index contributed by atoms with van der Waals surface area (Å²) in [6.07, 6.45) is 1.18. The summed E-state index contributed by atoms with van der Waals surface area (Å²) in [5, 5.41) is 13.8. The van der Waals surface area contributed by atoms with Crippen LogP contribution in [-0.4, -0.2) is 16.1 Å². The van der Waals surface area contributed by atoms with Crippen LogP contribution in [-0.2, 0) is 22.4 Å². The summed E-state index contributed by atoms with van der Waals surface area (Å²) in [7, 11) is 0. The van der Waals surface area contributed by atoms with Crippen LogP contribution in [0.15, 0.2) is 41.6 Å². The van der Waals surface area contributed by atoms with Crippen molar-refractivity contribution in [2.75, 3.05) is 0 Å². The van der Waals surface area contributed by atoms with Crippen molar-refractivity contribution in [1.29, 1.82) is 0 Å². The standard InChI is InChI=1S/C14H12N2O3S/c1-9-12(15-7-10-5-3-2-4-6-10)11(14(17)18)8-16-13(9)20-19/h2-6,8H,7H2,1H3,(H-,15,16,17,18). The number of aromatic carboxylic acids is 1. The molecule has 0 fully saturated rings. The minimum absolute atomic E-state index is 0.0104. The van der Waals surface area contributed by atoms with Gasteiger partial charge in [0.05, 0.1) is 5.56 Å². The third kappa shape index (κ3) is 2.97. The number of benzene rings is 1. The van der Waals surface area contributed by atoms with E-state index in [2.05, 4.69) is 10.3 Å². The average molecular weight is 288 g/mol. The van der Waals surface area contributed by atoms with Gasteiger partial charge in [0.1, 0.15) is 0 Å². The molecule has 0 radical (unpaired) electrons. The molecule has 6 heteroatoms. The van der Waals surface area contributed by atoms with Gasteiger partial charge in [0.25, 0.3) is 0 Å². The number of aromatic nitrogens is 1. The summed E-state index contributed by atoms with van der Waals surface area (Å²) in [6, 6.07) is 9.49. The highest BCUT2D eigenvalue weighted by Gasteiger charge is 2.18. The minimum atomic E-state index is -1.10. The molecule has 0 spiro atoms. The van der Waals surface area contributed by atoms with Gasteiger partial charge in [-0.15, -0.1) is 12.2 Å². The zero-order valence-corrected chi connectivity index (χ0v) is 11.6. The summed E-state index contributed by atoms with van der Waals surface area (Å²) < 4.78 is 10.9. The maximum atomic E-state index is 11.2. The Morgan fingerprint density at radius 2 is 2.05 bits per heavy atom. The molecule has 5 nitrogen and oxygen atoms in total. The topological polar surface area (TPSA) is 81.4 Å². The van der Waals surface area contributed by atoms with Crippen molar-refractivity contribution in [2.24, 2.45) is 0 Å². The van der Waals surface area contributed by atoms with Crippen LogP contribution in [0, 0.1) is 6.92 Å². The van der Waals surface area contributed by atoms with Gasteiger partial charge in [0.2, 0.25) is 0 Å². The molecule has 1 heterocycles. The van der Waals surface area contributed by atoms with Gasteiger partial charge in [-0.05, 0) is 6.92 Å². The Kier molecular flexibility index (Phi) is 4.37. The van der Waals surface area contributed by atoms with Crippen LogP contribution in [0.5, 0.6) is 0 Å². The van der Waals surface area contributed by atoms with Crippen molar-refractivity contribution < 1.29 is 14.1 Å². The normalized spacial score (nSPS) is 10.1. The first-order valence-corrected chi connectivity index (χ1v) is 6.61. The largest absolute Gasteiger partial charge is 0.680 e. The van der Waals surface area contributed by atoms with Gasteiger partial charge in [0, 0.05) is 16.0 Å². The van der Waals surface area contributed by atoms with Crippen molar-refractivity contribution >= 4 is 23.3 Å². The lowest BCUT2D eigenvalue weighted by Crippen LogP contribution is -2.02. The van der Waals surface area contributed by atoms with Crippen LogP contribution >= 0.6 is 0 Å². The smallest absolute Gasteiger partial charge is 0.527 e. The van der Waals surface area contributed by atoms with Crippen LogP contribution in [0.1, 0.15) is 21.5 Å². The molecule has 0 amide bonds. The number of nitrogens with zero attached hydrogens (tertiary/aromatic N) is 2. The zero-order chi connectivity index (χ0) is 14.5. The summed E-state index contributed by atoms with van der Waals surface area (Å²) in [5.41, 5.74) is 1.79. The molecule has 0 unspecified atom stereocenters. The highest BCUT2D eigenvalue weighted by molar-refractivity contribution is 7.65. The summed E-state index contributed by atoms with van der Waals surface area (Å²) in [6.45, 7) is 2.01. The zero-order valence-electron chi connectivity index (χ0n) is 10.7. The van der Waals surface area contributed by atoms with Crippen molar-refractivity contribution in [3.63, 3.8) is 0 Å². The summed E-state index contributed by atoms with van der Waals surface area (Å²) in [4.78, 5) is 15.0. The quantitative estimate of drug-likeness (QED) is 0.857. The van der Waals surface area contributed by atoms with E-state index in [1.54, 1.807) is 6.92 Å². The molecular formula is C14H12N2O3S. The molecule has 0 bridgehead atoms. The Hall–Kier alpha value is -2.34. The second kappa shape index (κ2) is 6.21. The molecule has 0 aliphatic rings. The molecule has 1 aromatic heterocycles. The highest BCUT2D eigenvalue weighted by Crippen LogP contribution is 2.31. The average Bonchev–Trinajstić information content (AvgIpc) is 2.46. The third-order valence-corrected chi connectivity index (χ3v) is 3.38. The molecule has 20 heavy (non-hydrogen) atoms. The van der Waals surface area contributed by atoms with Gasteiger partial charge in [-0.25, -0.2) is 4.79 Å². The van der Waals surface area contributed by atoms with Gasteiger partial charge in [-0.1, -0.05) is 35.9 Å². The Bertz CT molecular complexity index is 644. The van der Waals surface area contributed by atoms with Crippen LogP contribution in [0.2, 0.25) is 0 Å². The van der Waals surface area contributed by atoms with E-state index in [0.29, 0.717) is 17.8 Å². The van der Waals surface area contributed by atoms with Gasteiger partial charge >= 0.3 is 22.7 Å². The van der Waals surface area contributed by atoms with Crippen LogP contribution < -0.4 is 0 Å². The lowest BCUT2D eigenvalue weighted by Gasteiger charge is -2.24. The van der Waals surface area contributed by atoms with Crippen molar-refractivity contribution in [2.45, 2.75) is 18.5 Å².